The number of carbonyl (C=O) groups is 1. The number of amides is 1. The summed E-state index contributed by atoms with van der Waals surface area (Å²) >= 11 is 5.24. The van der Waals surface area contributed by atoms with Crippen LogP contribution in [0.4, 0.5) is 0 Å². The van der Waals surface area contributed by atoms with Gasteiger partial charge in [-0.2, -0.15) is 5.10 Å². The molecule has 0 spiro atoms. The van der Waals surface area contributed by atoms with E-state index < -0.39 is 0 Å². The molecule has 0 radical (unpaired) electrons. The molecule has 0 fully saturated rings. The minimum atomic E-state index is -0.0945. The lowest BCUT2D eigenvalue weighted by Gasteiger charge is -2.20. The Morgan fingerprint density at radius 2 is 2.27 bits per heavy atom. The van der Waals surface area contributed by atoms with Crippen LogP contribution in [-0.2, 0) is 11.3 Å². The van der Waals surface area contributed by atoms with Crippen molar-refractivity contribution in [3.05, 3.63) is 34.6 Å². The zero-order valence-corrected chi connectivity index (χ0v) is 13.6. The number of aromatic amines is 1. The van der Waals surface area contributed by atoms with Gasteiger partial charge in [-0.25, -0.2) is 0 Å². The molecule has 0 atom stereocenters. The number of aromatic nitrogens is 3. The second kappa shape index (κ2) is 7.33. The van der Waals surface area contributed by atoms with Crippen molar-refractivity contribution in [2.45, 2.75) is 20.4 Å². The molecule has 118 valence electrons. The fourth-order valence-corrected chi connectivity index (χ4v) is 2.48. The van der Waals surface area contributed by atoms with Crippen LogP contribution in [0.1, 0.15) is 12.5 Å². The van der Waals surface area contributed by atoms with Crippen molar-refractivity contribution in [3.63, 3.8) is 0 Å². The third kappa shape index (κ3) is 3.61. The predicted molar refractivity (Wildman–Crippen MR) is 86.9 cm³/mol. The minimum absolute atomic E-state index is 0.0545. The Balaban J connectivity index is 2.31. The lowest BCUT2D eigenvalue weighted by atomic mass is 10.1. The summed E-state index contributed by atoms with van der Waals surface area (Å²) in [6, 6.07) is 7.88. The normalized spacial score (nSPS) is 10.7. The number of rotatable bonds is 6. The average Bonchev–Trinajstić information content (AvgIpc) is 2.86. The topological polar surface area (TPSA) is 74.2 Å². The van der Waals surface area contributed by atoms with Crippen molar-refractivity contribution < 1.29 is 9.90 Å². The molecular formula is C15H20N4O2S. The molecule has 0 aliphatic carbocycles. The molecule has 0 saturated carbocycles. The zero-order chi connectivity index (χ0) is 16.1. The van der Waals surface area contributed by atoms with Gasteiger partial charge in [-0.05, 0) is 32.1 Å². The van der Waals surface area contributed by atoms with Gasteiger partial charge in [0.05, 0.1) is 6.61 Å². The van der Waals surface area contributed by atoms with Gasteiger partial charge in [-0.3, -0.25) is 14.5 Å². The van der Waals surface area contributed by atoms with Crippen LogP contribution in [0.3, 0.4) is 0 Å². The molecule has 1 heterocycles. The van der Waals surface area contributed by atoms with Crippen LogP contribution >= 0.6 is 12.2 Å². The molecule has 7 heteroatoms. The van der Waals surface area contributed by atoms with E-state index in [1.807, 2.05) is 38.1 Å². The maximum absolute atomic E-state index is 12.3. The molecule has 0 aliphatic heterocycles. The van der Waals surface area contributed by atoms with Gasteiger partial charge in [0.15, 0.2) is 10.6 Å². The van der Waals surface area contributed by atoms with Gasteiger partial charge in [0.25, 0.3) is 0 Å². The monoisotopic (exact) mass is 320 g/mol. The van der Waals surface area contributed by atoms with Crippen LogP contribution in [0.15, 0.2) is 24.3 Å². The lowest BCUT2D eigenvalue weighted by Crippen LogP contribution is -2.36. The summed E-state index contributed by atoms with van der Waals surface area (Å²) < 4.78 is 2.09. The number of hydrogen-bond acceptors (Lipinski definition) is 4. The van der Waals surface area contributed by atoms with E-state index in [9.17, 15) is 4.79 Å². The van der Waals surface area contributed by atoms with E-state index >= 15 is 0 Å². The number of H-pyrrole nitrogens is 1. The van der Waals surface area contributed by atoms with Crippen LogP contribution in [0.5, 0.6) is 0 Å². The molecule has 6 nitrogen and oxygen atoms in total. The molecule has 1 aromatic carbocycles. The Morgan fingerprint density at radius 3 is 2.91 bits per heavy atom. The summed E-state index contributed by atoms with van der Waals surface area (Å²) in [6.45, 7) is 4.79. The summed E-state index contributed by atoms with van der Waals surface area (Å²) in [6.07, 6.45) is 0. The summed E-state index contributed by atoms with van der Waals surface area (Å²) in [7, 11) is 0. The highest BCUT2D eigenvalue weighted by Crippen LogP contribution is 2.18. The van der Waals surface area contributed by atoms with Gasteiger partial charge in [0, 0.05) is 18.7 Å². The number of aliphatic hydroxyl groups excluding tert-OH is 1. The van der Waals surface area contributed by atoms with E-state index in [1.54, 1.807) is 9.47 Å². The summed E-state index contributed by atoms with van der Waals surface area (Å²) in [4.78, 5) is 13.9. The first-order chi connectivity index (χ1) is 10.6. The molecule has 2 rings (SSSR count). The van der Waals surface area contributed by atoms with Crippen molar-refractivity contribution in [2.75, 3.05) is 19.7 Å². The van der Waals surface area contributed by atoms with Crippen LogP contribution in [0.2, 0.25) is 0 Å². The average molecular weight is 320 g/mol. The zero-order valence-electron chi connectivity index (χ0n) is 12.7. The highest BCUT2D eigenvalue weighted by molar-refractivity contribution is 7.71. The molecule has 2 N–H and O–H groups in total. The Kier molecular flexibility index (Phi) is 5.46. The van der Waals surface area contributed by atoms with Gasteiger partial charge < -0.3 is 10.0 Å². The molecule has 1 amide bonds. The predicted octanol–water partition coefficient (Wildman–Crippen LogP) is 1.76. The number of aryl methyl sites for hydroxylation is 1. The summed E-state index contributed by atoms with van der Waals surface area (Å²) in [5.74, 6) is 0.546. The molecular weight excluding hydrogens is 300 g/mol. The number of nitrogens with zero attached hydrogens (tertiary/aromatic N) is 3. The number of benzene rings is 1. The fraction of sp³-hybridized carbons (Fsp3) is 0.400. The smallest absolute Gasteiger partial charge is 0.242 e. The van der Waals surface area contributed by atoms with E-state index in [-0.39, 0.29) is 19.1 Å². The first-order valence-corrected chi connectivity index (χ1v) is 7.58. The minimum Gasteiger partial charge on any atom is -0.395 e. The van der Waals surface area contributed by atoms with Gasteiger partial charge in [-0.1, -0.05) is 23.8 Å². The van der Waals surface area contributed by atoms with Crippen LogP contribution in [-0.4, -0.2) is 50.4 Å². The Labute approximate surface area is 134 Å². The van der Waals surface area contributed by atoms with Gasteiger partial charge in [0.1, 0.15) is 6.54 Å². The molecule has 22 heavy (non-hydrogen) atoms. The number of likely N-dealkylation sites (N-methyl/N-ethyl adjacent to an activating group) is 1. The SMILES string of the molecule is CCN(CCO)C(=O)Cn1c(-c2cccc(C)c2)n[nH]c1=S. The first-order valence-electron chi connectivity index (χ1n) is 7.17. The highest BCUT2D eigenvalue weighted by Gasteiger charge is 2.16. The van der Waals surface area contributed by atoms with E-state index in [0.29, 0.717) is 23.7 Å². The molecule has 0 bridgehead atoms. The van der Waals surface area contributed by atoms with Crippen molar-refractivity contribution in [2.24, 2.45) is 0 Å². The van der Waals surface area contributed by atoms with Crippen LogP contribution in [0, 0.1) is 11.7 Å². The number of nitrogens with one attached hydrogen (secondary N) is 1. The maximum atomic E-state index is 12.3. The quantitative estimate of drug-likeness (QED) is 0.795. The second-order valence-electron chi connectivity index (χ2n) is 5.01. The number of aliphatic hydroxyl groups is 1. The Hall–Kier alpha value is -1.99. The van der Waals surface area contributed by atoms with Gasteiger partial charge in [-0.15, -0.1) is 0 Å². The van der Waals surface area contributed by atoms with Crippen molar-refractivity contribution in [3.8, 4) is 11.4 Å². The highest BCUT2D eigenvalue weighted by atomic mass is 32.1. The molecule has 0 aliphatic rings. The molecule has 1 aromatic heterocycles. The largest absolute Gasteiger partial charge is 0.395 e. The van der Waals surface area contributed by atoms with E-state index in [0.717, 1.165) is 11.1 Å². The van der Waals surface area contributed by atoms with Crippen molar-refractivity contribution >= 4 is 18.1 Å². The third-order valence-electron chi connectivity index (χ3n) is 3.43. The standard InChI is InChI=1S/C15H20N4O2S/c1-3-18(7-8-20)13(21)10-19-14(16-17-15(19)22)12-6-4-5-11(2)9-12/h4-6,9,20H,3,7-8,10H2,1-2H3,(H,17,22). The first kappa shape index (κ1) is 16.4. The Morgan fingerprint density at radius 1 is 1.50 bits per heavy atom. The third-order valence-corrected chi connectivity index (χ3v) is 3.74. The van der Waals surface area contributed by atoms with E-state index in [1.165, 1.54) is 0 Å². The van der Waals surface area contributed by atoms with Gasteiger partial charge in [0.2, 0.25) is 5.91 Å². The molecule has 0 unspecified atom stereocenters. The van der Waals surface area contributed by atoms with Crippen LogP contribution < -0.4 is 0 Å². The Bertz CT molecular complexity index is 708. The number of hydrogen-bond donors (Lipinski definition) is 2. The van der Waals surface area contributed by atoms with Crippen molar-refractivity contribution in [1.29, 1.82) is 0 Å². The lowest BCUT2D eigenvalue weighted by molar-refractivity contribution is -0.132. The second-order valence-corrected chi connectivity index (χ2v) is 5.39. The van der Waals surface area contributed by atoms with Crippen molar-refractivity contribution in [1.82, 2.24) is 19.7 Å². The van der Waals surface area contributed by atoms with Crippen LogP contribution in [0.25, 0.3) is 11.4 Å². The molecule has 0 saturated heterocycles. The summed E-state index contributed by atoms with van der Waals surface area (Å²) in [5, 5.41) is 16.0. The maximum Gasteiger partial charge on any atom is 0.242 e. The molecule has 2 aromatic rings. The number of carbonyl (C=O) groups excluding carboxylic acids is 1. The van der Waals surface area contributed by atoms with E-state index in [2.05, 4.69) is 10.2 Å². The van der Waals surface area contributed by atoms with Gasteiger partial charge >= 0.3 is 0 Å². The fourth-order valence-electron chi connectivity index (χ4n) is 2.28. The summed E-state index contributed by atoms with van der Waals surface area (Å²) in [5.41, 5.74) is 2.02. The van der Waals surface area contributed by atoms with E-state index in [4.69, 9.17) is 17.3 Å².